The molecule has 0 aliphatic rings. The van der Waals surface area contributed by atoms with E-state index in [1.165, 1.54) is 18.2 Å². The fourth-order valence-corrected chi connectivity index (χ4v) is 2.75. The maximum absolute atomic E-state index is 12.7. The van der Waals surface area contributed by atoms with Crippen LogP contribution in [0.2, 0.25) is 0 Å². The van der Waals surface area contributed by atoms with E-state index in [1.807, 2.05) is 6.07 Å². The van der Waals surface area contributed by atoms with Gasteiger partial charge >= 0.3 is 11.9 Å². The van der Waals surface area contributed by atoms with Gasteiger partial charge in [-0.15, -0.1) is 0 Å². The number of hydrogen-bond acceptors (Lipinski definition) is 5. The minimum absolute atomic E-state index is 0.0115. The van der Waals surface area contributed by atoms with Crippen molar-refractivity contribution in [3.05, 3.63) is 99.6 Å². The number of nitrogens with zero attached hydrogens (tertiary/aromatic N) is 1. The molecule has 0 amide bonds. The Morgan fingerprint density at radius 2 is 1.54 bits per heavy atom. The molecule has 0 aromatic heterocycles. The van der Waals surface area contributed by atoms with Crippen molar-refractivity contribution in [1.29, 1.82) is 0 Å². The van der Waals surface area contributed by atoms with Crippen LogP contribution in [0.5, 0.6) is 0 Å². The lowest BCUT2D eigenvalue weighted by Crippen LogP contribution is -2.09. The molecule has 7 nitrogen and oxygen atoms in total. The predicted octanol–water partition coefficient (Wildman–Crippen LogP) is 4.32. The van der Waals surface area contributed by atoms with E-state index in [1.54, 1.807) is 42.5 Å². The molecule has 0 atom stereocenters. The first-order valence-electron chi connectivity index (χ1n) is 8.29. The maximum atomic E-state index is 12.7. The van der Waals surface area contributed by atoms with Gasteiger partial charge in [-0.2, -0.15) is 0 Å². The van der Waals surface area contributed by atoms with E-state index in [0.29, 0.717) is 0 Å². The molecule has 0 aliphatic carbocycles. The van der Waals surface area contributed by atoms with Gasteiger partial charge in [0.05, 0.1) is 16.1 Å². The number of esters is 1. The van der Waals surface area contributed by atoms with Crippen molar-refractivity contribution in [3.63, 3.8) is 0 Å². The quantitative estimate of drug-likeness (QED) is 0.389. The molecule has 0 aliphatic heterocycles. The van der Waals surface area contributed by atoms with Crippen LogP contribution in [-0.2, 0) is 11.3 Å². The second kappa shape index (κ2) is 8.13. The zero-order valence-electron chi connectivity index (χ0n) is 14.6. The number of carbonyl (C=O) groups excluding carboxylic acids is 1. The second-order valence-electron chi connectivity index (χ2n) is 5.90. The van der Waals surface area contributed by atoms with Crippen molar-refractivity contribution in [3.8, 4) is 11.1 Å². The molecular weight excluding hydrogens is 362 g/mol. The van der Waals surface area contributed by atoms with Crippen molar-refractivity contribution in [2.45, 2.75) is 6.61 Å². The first kappa shape index (κ1) is 18.8. The van der Waals surface area contributed by atoms with Crippen LogP contribution in [0.15, 0.2) is 72.8 Å². The molecule has 0 radical (unpaired) electrons. The zero-order chi connectivity index (χ0) is 20.1. The Hall–Kier alpha value is -4.00. The summed E-state index contributed by atoms with van der Waals surface area (Å²) >= 11 is 0. The van der Waals surface area contributed by atoms with Gasteiger partial charge in [-0.3, -0.25) is 10.1 Å². The number of nitro benzene ring substituents is 1. The Kier molecular flexibility index (Phi) is 5.45. The third-order valence-corrected chi connectivity index (χ3v) is 4.09. The van der Waals surface area contributed by atoms with Gasteiger partial charge in [-0.1, -0.05) is 48.5 Å². The summed E-state index contributed by atoms with van der Waals surface area (Å²) in [6.07, 6.45) is 0. The normalized spacial score (nSPS) is 10.3. The van der Waals surface area contributed by atoms with E-state index in [0.717, 1.165) is 11.6 Å². The molecule has 3 rings (SSSR count). The lowest BCUT2D eigenvalue weighted by Gasteiger charge is -2.12. The van der Waals surface area contributed by atoms with Crippen LogP contribution >= 0.6 is 0 Å². The van der Waals surface area contributed by atoms with E-state index >= 15 is 0 Å². The minimum atomic E-state index is -1.17. The summed E-state index contributed by atoms with van der Waals surface area (Å²) in [4.78, 5) is 34.7. The third kappa shape index (κ3) is 4.04. The lowest BCUT2D eigenvalue weighted by atomic mass is 9.95. The zero-order valence-corrected chi connectivity index (χ0v) is 14.6. The average molecular weight is 377 g/mol. The molecular formula is C21H15NO6. The fraction of sp³-hybridized carbons (Fsp3) is 0.0476. The van der Waals surface area contributed by atoms with Crippen LogP contribution in [0.25, 0.3) is 11.1 Å². The number of rotatable bonds is 6. The molecule has 0 unspecified atom stereocenters. The molecule has 0 saturated carbocycles. The average Bonchev–Trinajstić information content (AvgIpc) is 2.72. The first-order valence-corrected chi connectivity index (χ1v) is 8.29. The van der Waals surface area contributed by atoms with Gasteiger partial charge in [0.15, 0.2) is 0 Å². The molecule has 28 heavy (non-hydrogen) atoms. The van der Waals surface area contributed by atoms with Gasteiger partial charge in [-0.05, 0) is 28.8 Å². The van der Waals surface area contributed by atoms with Crippen molar-refractivity contribution >= 4 is 17.6 Å². The highest BCUT2D eigenvalue weighted by Crippen LogP contribution is 2.31. The minimum Gasteiger partial charge on any atom is -0.478 e. The van der Waals surface area contributed by atoms with Crippen LogP contribution < -0.4 is 0 Å². The van der Waals surface area contributed by atoms with Crippen molar-refractivity contribution in [2.75, 3.05) is 0 Å². The fourth-order valence-electron chi connectivity index (χ4n) is 2.75. The summed E-state index contributed by atoms with van der Waals surface area (Å²) < 4.78 is 5.30. The number of carbonyl (C=O) groups is 2. The number of nitro groups is 1. The van der Waals surface area contributed by atoms with Gasteiger partial charge in [0.25, 0.3) is 5.69 Å². The number of carboxylic acid groups (broad SMARTS) is 1. The van der Waals surface area contributed by atoms with Gasteiger partial charge < -0.3 is 9.84 Å². The number of hydrogen-bond donors (Lipinski definition) is 1. The van der Waals surface area contributed by atoms with Gasteiger partial charge in [0, 0.05) is 12.1 Å². The Morgan fingerprint density at radius 1 is 0.893 bits per heavy atom. The van der Waals surface area contributed by atoms with E-state index in [9.17, 15) is 24.8 Å². The summed E-state index contributed by atoms with van der Waals surface area (Å²) in [7, 11) is 0. The van der Waals surface area contributed by atoms with Gasteiger partial charge in [0.2, 0.25) is 0 Å². The highest BCUT2D eigenvalue weighted by atomic mass is 16.6. The predicted molar refractivity (Wildman–Crippen MR) is 101 cm³/mol. The largest absolute Gasteiger partial charge is 0.478 e. The van der Waals surface area contributed by atoms with Crippen molar-refractivity contribution in [1.82, 2.24) is 0 Å². The molecule has 0 fully saturated rings. The molecule has 0 saturated heterocycles. The number of non-ortho nitro benzene ring substituents is 1. The Bertz CT molecular complexity index is 1050. The van der Waals surface area contributed by atoms with Crippen LogP contribution in [0, 0.1) is 10.1 Å². The van der Waals surface area contributed by atoms with Gasteiger partial charge in [0.1, 0.15) is 6.61 Å². The van der Waals surface area contributed by atoms with Crippen LogP contribution in [0.1, 0.15) is 26.3 Å². The van der Waals surface area contributed by atoms with E-state index in [4.69, 9.17) is 4.74 Å². The molecule has 0 heterocycles. The second-order valence-corrected chi connectivity index (χ2v) is 5.90. The maximum Gasteiger partial charge on any atom is 0.339 e. The smallest absolute Gasteiger partial charge is 0.339 e. The van der Waals surface area contributed by atoms with Crippen LogP contribution in [0.4, 0.5) is 5.69 Å². The van der Waals surface area contributed by atoms with Gasteiger partial charge in [-0.25, -0.2) is 9.59 Å². The van der Waals surface area contributed by atoms with Crippen molar-refractivity contribution < 1.29 is 24.4 Å². The Labute approximate surface area is 160 Å². The molecule has 140 valence electrons. The highest BCUT2D eigenvalue weighted by molar-refractivity contribution is 6.03. The van der Waals surface area contributed by atoms with E-state index in [2.05, 4.69) is 0 Å². The number of benzene rings is 3. The Morgan fingerprint density at radius 3 is 2.21 bits per heavy atom. The summed E-state index contributed by atoms with van der Waals surface area (Å²) in [6, 6.07) is 18.8. The van der Waals surface area contributed by atoms with Crippen molar-refractivity contribution in [2.24, 2.45) is 0 Å². The van der Waals surface area contributed by atoms with Crippen LogP contribution in [0.3, 0.4) is 0 Å². The standard InChI is InChI=1S/C21H15NO6/c23-20(24)18-9-5-4-8-16(18)17-11-10-15(22(26)27)12-19(17)21(25)28-13-14-6-2-1-3-7-14/h1-12H,13H2,(H,23,24). The number of aromatic carboxylic acids is 1. The van der Waals surface area contributed by atoms with E-state index in [-0.39, 0.29) is 34.5 Å². The summed E-state index contributed by atoms with van der Waals surface area (Å²) in [5, 5.41) is 20.6. The molecule has 3 aromatic carbocycles. The first-order chi connectivity index (χ1) is 13.5. The third-order valence-electron chi connectivity index (χ3n) is 4.09. The number of carboxylic acids is 1. The highest BCUT2D eigenvalue weighted by Gasteiger charge is 2.22. The topological polar surface area (TPSA) is 107 Å². The molecule has 0 bridgehead atoms. The lowest BCUT2D eigenvalue weighted by molar-refractivity contribution is -0.384. The molecule has 1 N–H and O–H groups in total. The molecule has 7 heteroatoms. The summed E-state index contributed by atoms with van der Waals surface area (Å²) in [6.45, 7) is -0.0115. The summed E-state index contributed by atoms with van der Waals surface area (Å²) in [5.41, 5.74) is 0.905. The molecule has 0 spiro atoms. The monoisotopic (exact) mass is 377 g/mol. The SMILES string of the molecule is O=C(O)c1ccccc1-c1ccc([N+](=O)[O-])cc1C(=O)OCc1ccccc1. The van der Waals surface area contributed by atoms with Crippen LogP contribution in [-0.4, -0.2) is 22.0 Å². The molecule has 3 aromatic rings. The number of ether oxygens (including phenoxy) is 1. The van der Waals surface area contributed by atoms with E-state index < -0.39 is 16.9 Å². The summed E-state index contributed by atoms with van der Waals surface area (Å²) in [5.74, 6) is -1.94. The Balaban J connectivity index is 2.03.